The number of nitrogens with zero attached hydrogens (tertiary/aromatic N) is 2. The Bertz CT molecular complexity index is 518. The highest BCUT2D eigenvalue weighted by molar-refractivity contribution is 7.10. The Morgan fingerprint density at radius 3 is 2.95 bits per heavy atom. The van der Waals surface area contributed by atoms with E-state index in [1.54, 1.807) is 18.2 Å². The van der Waals surface area contributed by atoms with E-state index in [-0.39, 0.29) is 12.4 Å². The molecule has 19 heavy (non-hydrogen) atoms. The number of anilines is 1. The minimum Gasteiger partial charge on any atom is -0.374 e. The number of nitrogens with one attached hydrogen (secondary N) is 1. The third-order valence-corrected chi connectivity index (χ3v) is 3.27. The number of hydrogen-bond acceptors (Lipinski definition) is 5. The minimum absolute atomic E-state index is 0.234. The normalized spacial score (nSPS) is 10.6. The van der Waals surface area contributed by atoms with Crippen LogP contribution >= 0.6 is 11.5 Å². The van der Waals surface area contributed by atoms with Crippen molar-refractivity contribution in [2.75, 3.05) is 11.9 Å². The van der Waals surface area contributed by atoms with Gasteiger partial charge in [-0.05, 0) is 12.5 Å². The van der Waals surface area contributed by atoms with E-state index in [9.17, 15) is 4.39 Å². The Morgan fingerprint density at radius 1 is 1.32 bits per heavy atom. The first-order valence-electron chi connectivity index (χ1n) is 6.17. The summed E-state index contributed by atoms with van der Waals surface area (Å²) in [6.07, 6.45) is 1.04. The van der Waals surface area contributed by atoms with Crippen LogP contribution in [0.15, 0.2) is 24.3 Å². The summed E-state index contributed by atoms with van der Waals surface area (Å²) in [4.78, 5) is 0. The van der Waals surface area contributed by atoms with Gasteiger partial charge in [-0.3, -0.25) is 0 Å². The van der Waals surface area contributed by atoms with Gasteiger partial charge in [-0.15, -0.1) is 5.10 Å². The van der Waals surface area contributed by atoms with Gasteiger partial charge >= 0.3 is 0 Å². The lowest BCUT2D eigenvalue weighted by atomic mass is 10.2. The zero-order valence-electron chi connectivity index (χ0n) is 10.7. The molecular weight excluding hydrogens is 265 g/mol. The molecule has 0 saturated carbocycles. The maximum Gasteiger partial charge on any atom is 0.135 e. The van der Waals surface area contributed by atoms with Gasteiger partial charge in [-0.2, -0.15) is 0 Å². The summed E-state index contributed by atoms with van der Waals surface area (Å²) in [5, 5.41) is 8.18. The van der Waals surface area contributed by atoms with Crippen molar-refractivity contribution in [3.63, 3.8) is 0 Å². The fourth-order valence-electron chi connectivity index (χ4n) is 1.55. The second-order valence-corrected chi connectivity index (χ2v) is 4.81. The molecule has 1 heterocycles. The van der Waals surface area contributed by atoms with Crippen LogP contribution in [0.3, 0.4) is 0 Å². The average Bonchev–Trinajstić information content (AvgIpc) is 2.86. The molecule has 2 rings (SSSR count). The molecule has 0 aliphatic carbocycles. The number of aromatic nitrogens is 2. The predicted octanol–water partition coefficient (Wildman–Crippen LogP) is 3.22. The second-order valence-electron chi connectivity index (χ2n) is 4.06. The van der Waals surface area contributed by atoms with Crippen molar-refractivity contribution in [3.8, 4) is 0 Å². The van der Waals surface area contributed by atoms with Crippen LogP contribution in [0, 0.1) is 5.82 Å². The highest BCUT2D eigenvalue weighted by Gasteiger charge is 2.08. The molecule has 0 saturated heterocycles. The van der Waals surface area contributed by atoms with E-state index in [1.165, 1.54) is 17.6 Å². The molecule has 0 fully saturated rings. The van der Waals surface area contributed by atoms with E-state index < -0.39 is 0 Å². The molecule has 0 atom stereocenters. The van der Waals surface area contributed by atoms with Crippen molar-refractivity contribution >= 4 is 16.5 Å². The molecular formula is C13H16FN3OS. The van der Waals surface area contributed by atoms with E-state index in [0.717, 1.165) is 23.7 Å². The quantitative estimate of drug-likeness (QED) is 0.846. The fourth-order valence-corrected chi connectivity index (χ4v) is 2.14. The maximum atomic E-state index is 13.4. The molecule has 0 spiro atoms. The third-order valence-electron chi connectivity index (χ3n) is 2.55. The number of halogens is 1. The second kappa shape index (κ2) is 7.16. The number of rotatable bonds is 7. The average molecular weight is 281 g/mol. The van der Waals surface area contributed by atoms with Crippen LogP contribution in [-0.4, -0.2) is 16.1 Å². The molecule has 0 unspecified atom stereocenters. The molecule has 102 valence electrons. The van der Waals surface area contributed by atoms with Crippen molar-refractivity contribution in [1.29, 1.82) is 0 Å². The van der Waals surface area contributed by atoms with E-state index in [1.807, 2.05) is 0 Å². The van der Waals surface area contributed by atoms with Gasteiger partial charge < -0.3 is 10.1 Å². The lowest BCUT2D eigenvalue weighted by Crippen LogP contribution is -2.03. The smallest absolute Gasteiger partial charge is 0.135 e. The van der Waals surface area contributed by atoms with Crippen LogP contribution in [-0.2, 0) is 18.0 Å². The van der Waals surface area contributed by atoms with Gasteiger partial charge in [0.05, 0.1) is 13.2 Å². The molecule has 1 aromatic carbocycles. The molecule has 1 N–H and O–H groups in total. The molecule has 1 aromatic heterocycles. The summed E-state index contributed by atoms with van der Waals surface area (Å²) in [7, 11) is 0. The van der Waals surface area contributed by atoms with Crippen LogP contribution in [0.2, 0.25) is 0 Å². The van der Waals surface area contributed by atoms with E-state index in [2.05, 4.69) is 21.8 Å². The predicted molar refractivity (Wildman–Crippen MR) is 73.6 cm³/mol. The fraction of sp³-hybridized carbons (Fsp3) is 0.385. The zero-order chi connectivity index (χ0) is 13.5. The topological polar surface area (TPSA) is 47.0 Å². The molecule has 0 radical (unpaired) electrons. The van der Waals surface area contributed by atoms with Crippen molar-refractivity contribution in [3.05, 3.63) is 41.3 Å². The molecule has 0 aliphatic heterocycles. The Morgan fingerprint density at radius 2 is 2.16 bits per heavy atom. The zero-order valence-corrected chi connectivity index (χ0v) is 11.5. The summed E-state index contributed by atoms with van der Waals surface area (Å²) in [5.74, 6) is -0.247. The summed E-state index contributed by atoms with van der Waals surface area (Å²) < 4.78 is 22.8. The van der Waals surface area contributed by atoms with Crippen molar-refractivity contribution in [2.45, 2.75) is 26.6 Å². The van der Waals surface area contributed by atoms with E-state index >= 15 is 0 Å². The van der Waals surface area contributed by atoms with Gasteiger partial charge in [0.25, 0.3) is 0 Å². The highest BCUT2D eigenvalue weighted by Crippen LogP contribution is 2.19. The van der Waals surface area contributed by atoms with Crippen molar-refractivity contribution in [2.24, 2.45) is 0 Å². The molecule has 0 aliphatic rings. The SMILES string of the molecule is CCCNc1snnc1COCc1ccccc1F. The van der Waals surface area contributed by atoms with Crippen LogP contribution in [0.5, 0.6) is 0 Å². The van der Waals surface area contributed by atoms with Gasteiger partial charge in [0.15, 0.2) is 0 Å². The maximum absolute atomic E-state index is 13.4. The van der Waals surface area contributed by atoms with Crippen LogP contribution in [0.1, 0.15) is 24.6 Å². The van der Waals surface area contributed by atoms with Gasteiger partial charge in [0, 0.05) is 23.6 Å². The summed E-state index contributed by atoms with van der Waals surface area (Å²) >= 11 is 1.31. The lowest BCUT2D eigenvalue weighted by molar-refractivity contribution is 0.102. The van der Waals surface area contributed by atoms with Gasteiger partial charge in [0.1, 0.15) is 16.5 Å². The minimum atomic E-state index is -0.247. The van der Waals surface area contributed by atoms with E-state index in [4.69, 9.17) is 4.74 Å². The Hall–Kier alpha value is -1.53. The third kappa shape index (κ3) is 3.97. The van der Waals surface area contributed by atoms with Crippen LogP contribution in [0.4, 0.5) is 9.39 Å². The Kier molecular flexibility index (Phi) is 5.23. The van der Waals surface area contributed by atoms with Crippen molar-refractivity contribution in [1.82, 2.24) is 9.59 Å². The number of benzene rings is 1. The Labute approximate surface area is 115 Å². The monoisotopic (exact) mass is 281 g/mol. The summed E-state index contributed by atoms with van der Waals surface area (Å²) in [6, 6.07) is 6.60. The molecule has 0 amide bonds. The van der Waals surface area contributed by atoms with Gasteiger partial charge in [0.2, 0.25) is 0 Å². The summed E-state index contributed by atoms with van der Waals surface area (Å²) in [6.45, 7) is 3.54. The number of ether oxygens (including phenoxy) is 1. The van der Waals surface area contributed by atoms with Gasteiger partial charge in [-0.1, -0.05) is 29.6 Å². The summed E-state index contributed by atoms with van der Waals surface area (Å²) in [5.41, 5.74) is 1.32. The first kappa shape index (κ1) is 13.9. The first-order valence-corrected chi connectivity index (χ1v) is 6.95. The highest BCUT2D eigenvalue weighted by atomic mass is 32.1. The largest absolute Gasteiger partial charge is 0.374 e. The molecule has 0 bridgehead atoms. The van der Waals surface area contributed by atoms with E-state index in [0.29, 0.717) is 12.2 Å². The lowest BCUT2D eigenvalue weighted by Gasteiger charge is -2.06. The standard InChI is InChI=1S/C13H16FN3OS/c1-2-7-15-13-12(16-17-19-13)9-18-8-10-5-3-4-6-11(10)14/h3-6,15H,2,7-9H2,1H3. The first-order chi connectivity index (χ1) is 9.31. The Balaban J connectivity index is 1.86. The molecule has 2 aromatic rings. The molecule has 4 nitrogen and oxygen atoms in total. The van der Waals surface area contributed by atoms with Crippen LogP contribution < -0.4 is 5.32 Å². The van der Waals surface area contributed by atoms with Gasteiger partial charge in [-0.25, -0.2) is 4.39 Å². The van der Waals surface area contributed by atoms with Crippen LogP contribution in [0.25, 0.3) is 0 Å². The van der Waals surface area contributed by atoms with Crippen molar-refractivity contribution < 1.29 is 9.13 Å². The molecule has 6 heteroatoms. The number of hydrogen-bond donors (Lipinski definition) is 1.